The lowest BCUT2D eigenvalue weighted by atomic mass is 10.1. The van der Waals surface area contributed by atoms with Crippen LogP contribution in [0.5, 0.6) is 0 Å². The molecule has 0 bridgehead atoms. The van der Waals surface area contributed by atoms with Crippen molar-refractivity contribution in [1.29, 1.82) is 0 Å². The first-order valence-corrected chi connectivity index (χ1v) is 13.9. The smallest absolute Gasteiger partial charge is 0.350 e. The molecule has 0 spiro atoms. The van der Waals surface area contributed by atoms with Crippen molar-refractivity contribution in [3.05, 3.63) is 46.3 Å². The summed E-state index contributed by atoms with van der Waals surface area (Å²) in [5.41, 5.74) is 1.60. The van der Waals surface area contributed by atoms with Gasteiger partial charge in [-0.15, -0.1) is 0 Å². The number of aryl methyl sites for hydroxylation is 2. The number of esters is 1. The molecule has 0 aliphatic heterocycles. The summed E-state index contributed by atoms with van der Waals surface area (Å²) in [6, 6.07) is 6.83. The molecule has 2 amide bonds. The van der Waals surface area contributed by atoms with Gasteiger partial charge in [-0.2, -0.15) is 4.98 Å². The van der Waals surface area contributed by atoms with Crippen LogP contribution in [0.1, 0.15) is 77.1 Å². The van der Waals surface area contributed by atoms with E-state index in [1.807, 2.05) is 7.05 Å². The van der Waals surface area contributed by atoms with Crippen LogP contribution >= 0.6 is 11.3 Å². The zero-order chi connectivity index (χ0) is 28.2. The molecule has 0 saturated heterocycles. The molecule has 3 aromatic rings. The molecular weight excluding hydrogens is 520 g/mol. The Morgan fingerprint density at radius 2 is 1.90 bits per heavy atom. The molecular formula is C27H36N6O5S. The maximum absolute atomic E-state index is 12.5. The second-order valence-electron chi connectivity index (χ2n) is 9.12. The second-order valence-corrected chi connectivity index (χ2v) is 10.1. The molecule has 1 aromatic carbocycles. The second kappa shape index (κ2) is 15.1. The first-order valence-electron chi connectivity index (χ1n) is 13.1. The van der Waals surface area contributed by atoms with Gasteiger partial charge in [-0.1, -0.05) is 35.5 Å². The fourth-order valence-corrected chi connectivity index (χ4v) is 4.76. The molecule has 4 rings (SSSR count). The van der Waals surface area contributed by atoms with Gasteiger partial charge in [0.05, 0.1) is 5.69 Å². The number of thiazole rings is 1. The summed E-state index contributed by atoms with van der Waals surface area (Å²) in [7, 11) is 1.96. The van der Waals surface area contributed by atoms with Gasteiger partial charge in [0.25, 0.3) is 5.91 Å². The number of hydrogen-bond donors (Lipinski definition) is 3. The van der Waals surface area contributed by atoms with Gasteiger partial charge in [-0.25, -0.2) is 9.78 Å². The highest BCUT2D eigenvalue weighted by molar-refractivity contribution is 7.17. The normalized spacial score (nSPS) is 12.9. The average Bonchev–Trinajstić information content (AvgIpc) is 3.67. The summed E-state index contributed by atoms with van der Waals surface area (Å²) in [4.78, 5) is 46.0. The molecule has 11 nitrogen and oxygen atoms in total. The van der Waals surface area contributed by atoms with Crippen LogP contribution in [-0.4, -0.2) is 59.1 Å². The van der Waals surface area contributed by atoms with Gasteiger partial charge >= 0.3 is 5.97 Å². The summed E-state index contributed by atoms with van der Waals surface area (Å²) in [6.07, 6.45) is 5.17. The third-order valence-corrected chi connectivity index (χ3v) is 6.91. The Balaban J connectivity index is 0.000000771. The van der Waals surface area contributed by atoms with Crippen molar-refractivity contribution < 1.29 is 23.6 Å². The Morgan fingerprint density at radius 1 is 1.13 bits per heavy atom. The third-order valence-electron chi connectivity index (χ3n) is 5.85. The van der Waals surface area contributed by atoms with Crippen molar-refractivity contribution in [3.63, 3.8) is 0 Å². The first kappa shape index (κ1) is 29.9. The van der Waals surface area contributed by atoms with Crippen molar-refractivity contribution >= 4 is 34.3 Å². The van der Waals surface area contributed by atoms with Crippen LogP contribution in [0.3, 0.4) is 0 Å². The number of rotatable bonds is 10. The van der Waals surface area contributed by atoms with Gasteiger partial charge in [-0.05, 0) is 64.8 Å². The number of amides is 2. The largest absolute Gasteiger partial charge is 0.458 e. The van der Waals surface area contributed by atoms with Gasteiger partial charge in [0, 0.05) is 31.0 Å². The Morgan fingerprint density at radius 3 is 2.54 bits per heavy atom. The van der Waals surface area contributed by atoms with Crippen LogP contribution in [0, 0.1) is 13.8 Å². The lowest BCUT2D eigenvalue weighted by molar-refractivity contribution is -0.116. The molecule has 3 N–H and O–H groups in total. The van der Waals surface area contributed by atoms with Crippen molar-refractivity contribution in [2.45, 2.75) is 65.4 Å². The highest BCUT2D eigenvalue weighted by Gasteiger charge is 2.24. The Bertz CT molecular complexity index is 1250. The maximum Gasteiger partial charge on any atom is 0.350 e. The molecule has 210 valence electrons. The molecule has 1 fully saturated rings. The van der Waals surface area contributed by atoms with E-state index in [1.54, 1.807) is 38.1 Å². The predicted octanol–water partition coefficient (Wildman–Crippen LogP) is 4.28. The minimum Gasteiger partial charge on any atom is -0.458 e. The molecule has 0 radical (unpaired) electrons. The van der Waals surface area contributed by atoms with E-state index in [0.717, 1.165) is 43.6 Å². The summed E-state index contributed by atoms with van der Waals surface area (Å²) < 4.78 is 10.5. The van der Waals surface area contributed by atoms with Crippen LogP contribution in [0.4, 0.5) is 5.13 Å². The monoisotopic (exact) mass is 556 g/mol. The molecule has 1 aliphatic carbocycles. The summed E-state index contributed by atoms with van der Waals surface area (Å²) in [5, 5.41) is 12.6. The number of benzene rings is 1. The highest BCUT2D eigenvalue weighted by Crippen LogP contribution is 2.27. The molecule has 12 heteroatoms. The van der Waals surface area contributed by atoms with Crippen molar-refractivity contribution in [2.75, 3.05) is 25.5 Å². The molecule has 2 aromatic heterocycles. The number of nitrogens with one attached hydrogen (secondary N) is 3. The number of aromatic nitrogens is 3. The Kier molecular flexibility index (Phi) is 11.6. The number of ether oxygens (including phenoxy) is 1. The van der Waals surface area contributed by atoms with E-state index in [-0.39, 0.29) is 30.9 Å². The van der Waals surface area contributed by atoms with Crippen LogP contribution in [0.2, 0.25) is 0 Å². The zero-order valence-electron chi connectivity index (χ0n) is 22.8. The van der Waals surface area contributed by atoms with Crippen LogP contribution in [0.25, 0.3) is 11.4 Å². The quantitative estimate of drug-likeness (QED) is 0.311. The van der Waals surface area contributed by atoms with Crippen molar-refractivity contribution in [3.8, 4) is 11.4 Å². The zero-order valence-corrected chi connectivity index (χ0v) is 23.7. The summed E-state index contributed by atoms with van der Waals surface area (Å²) in [5.74, 6) is -0.202. The number of carbonyl (C=O) groups is 3. The van der Waals surface area contributed by atoms with Crippen molar-refractivity contribution in [1.82, 2.24) is 25.8 Å². The highest BCUT2D eigenvalue weighted by atomic mass is 32.1. The van der Waals surface area contributed by atoms with Gasteiger partial charge in [0.2, 0.25) is 17.6 Å². The van der Waals surface area contributed by atoms with Crippen LogP contribution in [0.15, 0.2) is 28.8 Å². The topological polar surface area (TPSA) is 148 Å². The van der Waals surface area contributed by atoms with E-state index in [2.05, 4.69) is 38.0 Å². The molecule has 2 heterocycles. The SMILES string of the molecule is CCCNC.Cc1nc(-c2cccc(C(=O)NCCC(=O)Nc3nc(C)c(C(=O)OC4CCCC4)s3)c2)no1. The Labute approximate surface area is 232 Å². The number of carbonyl (C=O) groups excluding carboxylic acids is 3. The lowest BCUT2D eigenvalue weighted by Crippen LogP contribution is -2.27. The minimum absolute atomic E-state index is 0.0346. The van der Waals surface area contributed by atoms with E-state index in [9.17, 15) is 14.4 Å². The van der Waals surface area contributed by atoms with Gasteiger partial charge in [0.15, 0.2) is 5.13 Å². The average molecular weight is 557 g/mol. The molecule has 0 atom stereocenters. The van der Waals surface area contributed by atoms with E-state index >= 15 is 0 Å². The predicted molar refractivity (Wildman–Crippen MR) is 149 cm³/mol. The number of anilines is 1. The number of nitrogens with zero attached hydrogens (tertiary/aromatic N) is 3. The van der Waals surface area contributed by atoms with E-state index in [0.29, 0.717) is 38.5 Å². The maximum atomic E-state index is 12.5. The molecule has 39 heavy (non-hydrogen) atoms. The van der Waals surface area contributed by atoms with E-state index < -0.39 is 5.97 Å². The van der Waals surface area contributed by atoms with Crippen LogP contribution in [-0.2, 0) is 9.53 Å². The summed E-state index contributed by atoms with van der Waals surface area (Å²) in [6.45, 7) is 6.82. The molecule has 0 unspecified atom stereocenters. The molecule has 1 saturated carbocycles. The van der Waals surface area contributed by atoms with Gasteiger partial charge in [0.1, 0.15) is 11.0 Å². The van der Waals surface area contributed by atoms with Crippen LogP contribution < -0.4 is 16.0 Å². The Hall–Kier alpha value is -3.64. The fraction of sp³-hybridized carbons (Fsp3) is 0.481. The molecule has 1 aliphatic rings. The number of hydrogen-bond acceptors (Lipinski definition) is 10. The summed E-state index contributed by atoms with van der Waals surface area (Å²) >= 11 is 1.09. The van der Waals surface area contributed by atoms with Gasteiger partial charge < -0.3 is 25.2 Å². The minimum atomic E-state index is -0.395. The first-order chi connectivity index (χ1) is 18.8. The van der Waals surface area contributed by atoms with Gasteiger partial charge in [-0.3, -0.25) is 9.59 Å². The van der Waals surface area contributed by atoms with E-state index in [1.165, 1.54) is 6.42 Å². The standard InChI is InChI=1S/C23H25N5O5S.C4H11N/c1-13-19(22(31)32-17-8-3-4-9-17)34-23(25-13)27-18(29)10-11-24-21(30)16-7-5-6-15(12-16)20-26-14(2)33-28-20;1-3-4-5-2/h5-7,12,17H,3-4,8-11H2,1-2H3,(H,24,30)(H,25,27,29);5H,3-4H2,1-2H3. The van der Waals surface area contributed by atoms with Crippen molar-refractivity contribution in [2.24, 2.45) is 0 Å². The fourth-order valence-electron chi connectivity index (χ4n) is 3.89. The third kappa shape index (κ3) is 9.25. The lowest BCUT2D eigenvalue weighted by Gasteiger charge is -2.09. The van der Waals surface area contributed by atoms with E-state index in [4.69, 9.17) is 9.26 Å².